The Hall–Kier alpha value is -3.44. The normalized spacial score (nSPS) is 18.3. The van der Waals surface area contributed by atoms with E-state index in [0.717, 1.165) is 10.5 Å². The summed E-state index contributed by atoms with van der Waals surface area (Å²) in [6, 6.07) is 15.8. The maximum Gasteiger partial charge on any atom is 0.258 e. The van der Waals surface area contributed by atoms with Gasteiger partial charge in [0.05, 0.1) is 5.69 Å². The minimum atomic E-state index is -2.54. The number of fused-ring (bicyclic) bond motifs is 1. The van der Waals surface area contributed by atoms with Gasteiger partial charge in [0.1, 0.15) is 0 Å². The molecule has 3 aromatic rings. The third kappa shape index (κ3) is 4.30. The molecule has 0 radical (unpaired) electrons. The van der Waals surface area contributed by atoms with E-state index in [0.29, 0.717) is 16.8 Å². The molecule has 0 fully saturated rings. The third-order valence-electron chi connectivity index (χ3n) is 5.24. The van der Waals surface area contributed by atoms with Gasteiger partial charge in [0.15, 0.2) is 5.78 Å². The lowest BCUT2D eigenvalue weighted by Crippen LogP contribution is -2.32. The first-order valence-corrected chi connectivity index (χ1v) is 10.4. The average molecular weight is 451 g/mol. The zero-order valence-corrected chi connectivity index (χ0v) is 18.3. The summed E-state index contributed by atoms with van der Waals surface area (Å²) in [5.41, 5.74) is 2.17. The number of anilines is 2. The average Bonchev–Trinajstić information content (AvgIpc) is 2.84. The molecule has 0 unspecified atom stereocenters. The van der Waals surface area contributed by atoms with E-state index in [1.165, 1.54) is 30.3 Å². The first-order chi connectivity index (χ1) is 16.8. The van der Waals surface area contributed by atoms with E-state index in [1.807, 2.05) is 19.1 Å². The number of carbonyl (C=O) groups is 3. The summed E-state index contributed by atoms with van der Waals surface area (Å²) in [4.78, 5) is 40.1. The van der Waals surface area contributed by atoms with Gasteiger partial charge in [0, 0.05) is 45.8 Å². The van der Waals surface area contributed by atoms with E-state index in [9.17, 15) is 14.4 Å². The van der Waals surface area contributed by atoms with E-state index < -0.39 is 31.0 Å². The van der Waals surface area contributed by atoms with Crippen LogP contribution in [0.25, 0.3) is 0 Å². The molecule has 2 amide bonds. The number of halogens is 1. The molecule has 5 nitrogen and oxygen atoms in total. The highest BCUT2D eigenvalue weighted by Crippen LogP contribution is 2.31. The van der Waals surface area contributed by atoms with Crippen LogP contribution in [0.2, 0.25) is 5.02 Å². The number of carbonyl (C=O) groups excluding carboxylic acids is 3. The maximum atomic E-state index is 13.7. The lowest BCUT2D eigenvalue weighted by atomic mass is 10.0. The van der Waals surface area contributed by atoms with Crippen LogP contribution in [0.1, 0.15) is 60.5 Å². The summed E-state index contributed by atoms with van der Waals surface area (Å²) in [6.45, 7) is 0.964. The number of hydrogen-bond acceptors (Lipinski definition) is 3. The molecule has 0 saturated carbocycles. The van der Waals surface area contributed by atoms with Crippen molar-refractivity contribution in [1.29, 1.82) is 0 Å². The molecule has 0 aromatic heterocycles. The molecule has 0 spiro atoms. The second-order valence-electron chi connectivity index (χ2n) is 7.44. The number of nitrogens with one attached hydrogen (secondary N) is 1. The Morgan fingerprint density at radius 1 is 1.00 bits per heavy atom. The number of benzene rings is 3. The van der Waals surface area contributed by atoms with Crippen LogP contribution < -0.4 is 10.2 Å². The summed E-state index contributed by atoms with van der Waals surface area (Å²) in [6.07, 6.45) is -3.39. The zero-order valence-electron chi connectivity index (χ0n) is 21.5. The third-order valence-corrected chi connectivity index (χ3v) is 5.47. The van der Waals surface area contributed by atoms with Crippen molar-refractivity contribution in [3.8, 4) is 0 Å². The molecule has 1 heterocycles. The monoisotopic (exact) mass is 450 g/mol. The highest BCUT2D eigenvalue weighted by Gasteiger charge is 2.27. The zero-order chi connectivity index (χ0) is 26.4. The summed E-state index contributed by atoms with van der Waals surface area (Å²) in [5.74, 6) is -1.99. The van der Waals surface area contributed by atoms with Crippen LogP contribution in [-0.2, 0) is 0 Å². The fourth-order valence-electron chi connectivity index (χ4n) is 3.57. The van der Waals surface area contributed by atoms with Crippen molar-refractivity contribution in [3.63, 3.8) is 0 Å². The van der Waals surface area contributed by atoms with Crippen molar-refractivity contribution in [2.24, 2.45) is 0 Å². The van der Waals surface area contributed by atoms with Gasteiger partial charge in [-0.1, -0.05) is 29.8 Å². The quantitative estimate of drug-likeness (QED) is 0.545. The minimum Gasteiger partial charge on any atom is -0.322 e. The molecule has 0 aliphatic carbocycles. The molecule has 32 heavy (non-hydrogen) atoms. The van der Waals surface area contributed by atoms with Gasteiger partial charge in [-0.25, -0.2) is 0 Å². The first kappa shape index (κ1) is 17.2. The van der Waals surface area contributed by atoms with Crippen molar-refractivity contribution >= 4 is 40.6 Å². The molecule has 0 bridgehead atoms. The molecule has 3 aromatic carbocycles. The van der Waals surface area contributed by atoms with Gasteiger partial charge in [0.25, 0.3) is 11.8 Å². The number of amides is 2. The van der Waals surface area contributed by atoms with Crippen molar-refractivity contribution in [1.82, 2.24) is 0 Å². The van der Waals surface area contributed by atoms with Gasteiger partial charge < -0.3 is 10.2 Å². The number of aryl methyl sites for hydroxylation is 2. The predicted molar refractivity (Wildman–Crippen MR) is 127 cm³/mol. The lowest BCUT2D eigenvalue weighted by Gasteiger charge is -2.23. The SMILES string of the molecule is [2H]C1([2H])CC([2H])([2H])N(C(=O)c2ccc(NC(=O)c3ccccc3C)cc2C)c2ccc(Cl)cc2C1=O. The minimum absolute atomic E-state index is 0.0582. The predicted octanol–water partition coefficient (Wildman–Crippen LogP) is 5.83. The highest BCUT2D eigenvalue weighted by molar-refractivity contribution is 6.31. The number of hydrogen-bond donors (Lipinski definition) is 1. The van der Waals surface area contributed by atoms with Gasteiger partial charge >= 0.3 is 0 Å². The first-order valence-electron chi connectivity index (χ1n) is 12.0. The molecule has 6 heteroatoms. The van der Waals surface area contributed by atoms with Gasteiger partial charge in [-0.15, -0.1) is 0 Å². The number of nitrogens with zero attached hydrogens (tertiary/aromatic N) is 1. The van der Waals surface area contributed by atoms with Crippen LogP contribution in [0.5, 0.6) is 0 Å². The molecular weight excluding hydrogens is 424 g/mol. The molecule has 0 atom stereocenters. The molecule has 0 saturated heterocycles. The van der Waals surface area contributed by atoms with E-state index in [4.69, 9.17) is 17.1 Å². The van der Waals surface area contributed by atoms with Crippen LogP contribution in [0.15, 0.2) is 60.7 Å². The van der Waals surface area contributed by atoms with Crippen LogP contribution >= 0.6 is 11.6 Å². The molecule has 162 valence electrons. The fraction of sp³-hybridized carbons (Fsp3) is 0.192. The van der Waals surface area contributed by atoms with Crippen LogP contribution in [0, 0.1) is 13.8 Å². The second-order valence-corrected chi connectivity index (χ2v) is 7.88. The van der Waals surface area contributed by atoms with Gasteiger partial charge in [0.2, 0.25) is 0 Å². The second kappa shape index (κ2) is 8.97. The van der Waals surface area contributed by atoms with E-state index in [2.05, 4.69) is 5.32 Å². The number of rotatable bonds is 3. The lowest BCUT2D eigenvalue weighted by molar-refractivity contribution is 0.0973. The Kier molecular flexibility index (Phi) is 4.81. The molecular formula is C26H23ClN2O3. The van der Waals surface area contributed by atoms with Gasteiger partial charge in [-0.05, 0) is 73.9 Å². The summed E-state index contributed by atoms with van der Waals surface area (Å²) < 4.78 is 33.4. The van der Waals surface area contributed by atoms with Crippen molar-refractivity contribution in [2.75, 3.05) is 16.7 Å². The number of ketones is 1. The van der Waals surface area contributed by atoms with E-state index in [1.54, 1.807) is 25.1 Å². The molecule has 4 rings (SSSR count). The van der Waals surface area contributed by atoms with Crippen molar-refractivity contribution in [3.05, 3.63) is 93.5 Å². The summed E-state index contributed by atoms with van der Waals surface area (Å²) in [7, 11) is 0. The fourth-order valence-corrected chi connectivity index (χ4v) is 3.75. The van der Waals surface area contributed by atoms with E-state index >= 15 is 0 Å². The standard InChI is InChI=1S/C26H23ClN2O3/c1-16-6-3-4-7-20(16)25(31)28-19-10-11-21(17(2)14-19)26(32)29-13-5-8-24(30)22-15-18(27)9-12-23(22)29/h3-4,6-7,9-12,14-15H,5,8,13H2,1-2H3,(H,28,31)/i8D2,13D2. The smallest absolute Gasteiger partial charge is 0.258 e. The Labute approximate surface area is 197 Å². The van der Waals surface area contributed by atoms with Crippen molar-refractivity contribution in [2.45, 2.75) is 26.6 Å². The van der Waals surface area contributed by atoms with Crippen LogP contribution in [0.3, 0.4) is 0 Å². The maximum absolute atomic E-state index is 13.7. The Balaban J connectivity index is 1.72. The van der Waals surface area contributed by atoms with Crippen LogP contribution in [-0.4, -0.2) is 24.1 Å². The largest absolute Gasteiger partial charge is 0.322 e. The van der Waals surface area contributed by atoms with E-state index in [-0.39, 0.29) is 27.7 Å². The number of Topliss-reactive ketones (excluding diaryl/α,β-unsaturated/α-hetero) is 1. The topological polar surface area (TPSA) is 66.5 Å². The van der Waals surface area contributed by atoms with Gasteiger partial charge in [-0.2, -0.15) is 0 Å². The highest BCUT2D eigenvalue weighted by atomic mass is 35.5. The molecule has 1 aliphatic heterocycles. The summed E-state index contributed by atoms with van der Waals surface area (Å²) >= 11 is 6.04. The Morgan fingerprint density at radius 3 is 2.53 bits per heavy atom. The summed E-state index contributed by atoms with van der Waals surface area (Å²) in [5, 5.41) is 2.97. The molecule has 1 N–H and O–H groups in total. The van der Waals surface area contributed by atoms with Crippen LogP contribution in [0.4, 0.5) is 11.4 Å². The molecule has 1 aliphatic rings. The van der Waals surface area contributed by atoms with Crippen molar-refractivity contribution < 1.29 is 19.9 Å². The Bertz CT molecular complexity index is 1410. The Morgan fingerprint density at radius 2 is 1.78 bits per heavy atom. The van der Waals surface area contributed by atoms with Gasteiger partial charge in [-0.3, -0.25) is 14.4 Å².